The van der Waals surface area contributed by atoms with Gasteiger partial charge in [-0.15, -0.1) is 0 Å². The topological polar surface area (TPSA) is 80.0 Å². The van der Waals surface area contributed by atoms with Crippen molar-refractivity contribution in [1.29, 1.82) is 0 Å². The molecule has 6 nitrogen and oxygen atoms in total. The van der Waals surface area contributed by atoms with Gasteiger partial charge in [-0.3, -0.25) is 0 Å². The number of anilines is 1. The SMILES string of the molecule is O=C(O)c1ccc(NCCCn2cnc3c2CCCC3)nc1. The second-order valence-corrected chi connectivity index (χ2v) is 5.56. The molecule has 0 atom stereocenters. The van der Waals surface area contributed by atoms with Crippen LogP contribution in [0.2, 0.25) is 0 Å². The summed E-state index contributed by atoms with van der Waals surface area (Å²) in [7, 11) is 0. The Labute approximate surface area is 129 Å². The molecule has 0 radical (unpaired) electrons. The highest BCUT2D eigenvalue weighted by Crippen LogP contribution is 2.19. The molecule has 116 valence electrons. The molecular formula is C16H20N4O2. The fourth-order valence-corrected chi connectivity index (χ4v) is 2.81. The molecule has 0 bridgehead atoms. The van der Waals surface area contributed by atoms with Crippen LogP contribution < -0.4 is 5.32 Å². The van der Waals surface area contributed by atoms with E-state index in [2.05, 4.69) is 19.9 Å². The fourth-order valence-electron chi connectivity index (χ4n) is 2.81. The molecule has 1 aliphatic rings. The average molecular weight is 300 g/mol. The van der Waals surface area contributed by atoms with E-state index in [-0.39, 0.29) is 5.56 Å². The Morgan fingerprint density at radius 1 is 1.27 bits per heavy atom. The summed E-state index contributed by atoms with van der Waals surface area (Å²) in [4.78, 5) is 19.3. The first kappa shape index (κ1) is 14.6. The third-order valence-electron chi connectivity index (χ3n) is 4.00. The largest absolute Gasteiger partial charge is 0.478 e. The van der Waals surface area contributed by atoms with Crippen molar-refractivity contribution >= 4 is 11.8 Å². The van der Waals surface area contributed by atoms with Crippen molar-refractivity contribution in [2.45, 2.75) is 38.6 Å². The molecule has 2 N–H and O–H groups in total. The van der Waals surface area contributed by atoms with Crippen LogP contribution in [-0.4, -0.2) is 32.2 Å². The lowest BCUT2D eigenvalue weighted by molar-refractivity contribution is 0.0696. The van der Waals surface area contributed by atoms with E-state index in [1.54, 1.807) is 12.1 Å². The van der Waals surface area contributed by atoms with Crippen molar-refractivity contribution in [3.05, 3.63) is 41.6 Å². The van der Waals surface area contributed by atoms with Gasteiger partial charge in [-0.25, -0.2) is 14.8 Å². The summed E-state index contributed by atoms with van der Waals surface area (Å²) < 4.78 is 2.26. The van der Waals surface area contributed by atoms with E-state index in [0.29, 0.717) is 5.82 Å². The lowest BCUT2D eigenvalue weighted by Gasteiger charge is -2.14. The van der Waals surface area contributed by atoms with Crippen molar-refractivity contribution < 1.29 is 9.90 Å². The fraction of sp³-hybridized carbons (Fsp3) is 0.438. The quantitative estimate of drug-likeness (QED) is 0.801. The maximum atomic E-state index is 10.8. The van der Waals surface area contributed by atoms with Crippen LogP contribution in [0.5, 0.6) is 0 Å². The first-order chi connectivity index (χ1) is 10.7. The highest BCUT2D eigenvalue weighted by Gasteiger charge is 2.14. The Bertz CT molecular complexity index is 649. The third-order valence-corrected chi connectivity index (χ3v) is 4.00. The van der Waals surface area contributed by atoms with E-state index in [4.69, 9.17) is 5.11 Å². The summed E-state index contributed by atoms with van der Waals surface area (Å²) >= 11 is 0. The predicted molar refractivity (Wildman–Crippen MR) is 83.2 cm³/mol. The zero-order valence-electron chi connectivity index (χ0n) is 12.5. The number of carboxylic acid groups (broad SMARTS) is 1. The van der Waals surface area contributed by atoms with Crippen LogP contribution in [0.3, 0.4) is 0 Å². The van der Waals surface area contributed by atoms with Crippen LogP contribution in [0.15, 0.2) is 24.7 Å². The van der Waals surface area contributed by atoms with Gasteiger partial charge >= 0.3 is 5.97 Å². The number of aryl methyl sites for hydroxylation is 2. The molecule has 2 heterocycles. The molecule has 6 heteroatoms. The molecule has 0 saturated carbocycles. The van der Waals surface area contributed by atoms with E-state index in [9.17, 15) is 4.79 Å². The predicted octanol–water partition coefficient (Wildman–Crippen LogP) is 2.36. The molecule has 1 aliphatic carbocycles. The summed E-state index contributed by atoms with van der Waals surface area (Å²) in [5, 5.41) is 12.0. The molecule has 2 aromatic rings. The normalized spacial score (nSPS) is 13.6. The summed E-state index contributed by atoms with van der Waals surface area (Å²) in [6.45, 7) is 1.74. The zero-order chi connectivity index (χ0) is 15.4. The van der Waals surface area contributed by atoms with Crippen molar-refractivity contribution in [3.63, 3.8) is 0 Å². The minimum absolute atomic E-state index is 0.204. The molecule has 0 fully saturated rings. The van der Waals surface area contributed by atoms with Gasteiger partial charge in [0.05, 0.1) is 17.6 Å². The molecule has 0 amide bonds. The molecule has 2 aromatic heterocycles. The highest BCUT2D eigenvalue weighted by molar-refractivity contribution is 5.87. The monoisotopic (exact) mass is 300 g/mol. The number of nitrogens with one attached hydrogen (secondary N) is 1. The molecule has 0 aromatic carbocycles. The Kier molecular flexibility index (Phi) is 4.37. The minimum Gasteiger partial charge on any atom is -0.478 e. The van der Waals surface area contributed by atoms with Gasteiger partial charge in [0.25, 0.3) is 0 Å². The van der Waals surface area contributed by atoms with Gasteiger partial charge in [-0.2, -0.15) is 0 Å². The van der Waals surface area contributed by atoms with E-state index >= 15 is 0 Å². The van der Waals surface area contributed by atoms with E-state index < -0.39 is 5.97 Å². The number of nitrogens with zero attached hydrogens (tertiary/aromatic N) is 3. The van der Waals surface area contributed by atoms with E-state index in [1.165, 1.54) is 30.4 Å². The van der Waals surface area contributed by atoms with Crippen LogP contribution in [0.1, 0.15) is 41.0 Å². The summed E-state index contributed by atoms with van der Waals surface area (Å²) in [6.07, 6.45) is 9.07. The molecule has 0 saturated heterocycles. The van der Waals surface area contributed by atoms with Gasteiger partial charge < -0.3 is 15.0 Å². The smallest absolute Gasteiger partial charge is 0.337 e. The van der Waals surface area contributed by atoms with Crippen molar-refractivity contribution in [2.24, 2.45) is 0 Å². The van der Waals surface area contributed by atoms with Gasteiger partial charge in [0, 0.05) is 25.0 Å². The summed E-state index contributed by atoms with van der Waals surface area (Å²) in [5.74, 6) is -0.249. The maximum absolute atomic E-state index is 10.8. The van der Waals surface area contributed by atoms with Gasteiger partial charge in [-0.05, 0) is 44.2 Å². The highest BCUT2D eigenvalue weighted by atomic mass is 16.4. The Hall–Kier alpha value is -2.37. The number of hydrogen-bond donors (Lipinski definition) is 2. The number of fused-ring (bicyclic) bond motifs is 1. The summed E-state index contributed by atoms with van der Waals surface area (Å²) in [5.41, 5.74) is 2.87. The van der Waals surface area contributed by atoms with Gasteiger partial charge in [0.1, 0.15) is 5.82 Å². The number of aromatic carboxylic acids is 1. The lowest BCUT2D eigenvalue weighted by atomic mass is 10.0. The van der Waals surface area contributed by atoms with Crippen LogP contribution >= 0.6 is 0 Å². The zero-order valence-corrected chi connectivity index (χ0v) is 12.5. The molecule has 0 unspecified atom stereocenters. The van der Waals surface area contributed by atoms with Crippen LogP contribution in [0, 0.1) is 0 Å². The average Bonchev–Trinajstić information content (AvgIpc) is 2.95. The Balaban J connectivity index is 1.47. The second kappa shape index (κ2) is 6.60. The van der Waals surface area contributed by atoms with Gasteiger partial charge in [0.2, 0.25) is 0 Å². The number of pyridine rings is 1. The van der Waals surface area contributed by atoms with Gasteiger partial charge in [0.15, 0.2) is 0 Å². The first-order valence-corrected chi connectivity index (χ1v) is 7.70. The van der Waals surface area contributed by atoms with Crippen LogP contribution in [0.4, 0.5) is 5.82 Å². The maximum Gasteiger partial charge on any atom is 0.337 e. The standard InChI is InChI=1S/C16H20N4O2/c21-16(22)12-6-7-15(18-10-12)17-8-3-9-20-11-19-13-4-1-2-5-14(13)20/h6-7,10-11H,1-5,8-9H2,(H,17,18)(H,21,22). The van der Waals surface area contributed by atoms with Gasteiger partial charge in [-0.1, -0.05) is 0 Å². The number of rotatable bonds is 6. The molecule has 0 aliphatic heterocycles. The number of imidazole rings is 1. The third kappa shape index (κ3) is 3.27. The van der Waals surface area contributed by atoms with Crippen LogP contribution in [-0.2, 0) is 19.4 Å². The number of carbonyl (C=O) groups is 1. The number of carboxylic acids is 1. The minimum atomic E-state index is -0.955. The number of hydrogen-bond acceptors (Lipinski definition) is 4. The van der Waals surface area contributed by atoms with E-state index in [0.717, 1.165) is 32.4 Å². The lowest BCUT2D eigenvalue weighted by Crippen LogP contribution is -2.11. The second-order valence-electron chi connectivity index (χ2n) is 5.56. The van der Waals surface area contributed by atoms with Crippen molar-refractivity contribution in [3.8, 4) is 0 Å². The van der Waals surface area contributed by atoms with E-state index in [1.807, 2.05) is 6.33 Å². The molecule has 22 heavy (non-hydrogen) atoms. The Morgan fingerprint density at radius 3 is 2.91 bits per heavy atom. The Morgan fingerprint density at radius 2 is 2.14 bits per heavy atom. The molecule has 3 rings (SSSR count). The number of aromatic nitrogens is 3. The van der Waals surface area contributed by atoms with Crippen molar-refractivity contribution in [2.75, 3.05) is 11.9 Å². The summed E-state index contributed by atoms with van der Waals surface area (Å²) in [6, 6.07) is 3.26. The first-order valence-electron chi connectivity index (χ1n) is 7.70. The van der Waals surface area contributed by atoms with Crippen molar-refractivity contribution in [1.82, 2.24) is 14.5 Å². The van der Waals surface area contributed by atoms with Crippen LogP contribution in [0.25, 0.3) is 0 Å². The molecule has 0 spiro atoms. The molecular weight excluding hydrogens is 280 g/mol.